The molecular formula is C27H23N3OS. The number of hydrogen-bond acceptors (Lipinski definition) is 5. The molecule has 1 saturated heterocycles. The first-order valence-corrected chi connectivity index (χ1v) is 11.4. The number of benzene rings is 3. The van der Waals surface area contributed by atoms with Gasteiger partial charge in [-0.25, -0.2) is 0 Å². The van der Waals surface area contributed by atoms with Crippen molar-refractivity contribution in [3.63, 3.8) is 0 Å². The van der Waals surface area contributed by atoms with Crippen molar-refractivity contribution in [2.75, 3.05) is 13.1 Å². The first kappa shape index (κ1) is 20.5. The Kier molecular flexibility index (Phi) is 5.75. The van der Waals surface area contributed by atoms with Crippen LogP contribution in [0.2, 0.25) is 0 Å². The van der Waals surface area contributed by atoms with Gasteiger partial charge in [-0.15, -0.1) is 0 Å². The molecule has 32 heavy (non-hydrogen) atoms. The Morgan fingerprint density at radius 1 is 0.812 bits per heavy atom. The highest BCUT2D eigenvalue weighted by Crippen LogP contribution is 2.43. The highest BCUT2D eigenvalue weighted by Gasteiger charge is 2.44. The average molecular weight is 438 g/mol. The van der Waals surface area contributed by atoms with Gasteiger partial charge in [0, 0.05) is 25.1 Å². The SMILES string of the molecule is O=C1CCN(C(c2ccccc2)(c2ccccc2)c2ccccc2)CC1=Cc1cnsn1. The van der Waals surface area contributed by atoms with Gasteiger partial charge in [0.1, 0.15) is 0 Å². The van der Waals surface area contributed by atoms with Crippen molar-refractivity contribution < 1.29 is 4.79 Å². The van der Waals surface area contributed by atoms with Gasteiger partial charge >= 0.3 is 0 Å². The van der Waals surface area contributed by atoms with Crippen LogP contribution in [0.15, 0.2) is 103 Å². The van der Waals surface area contributed by atoms with E-state index in [9.17, 15) is 4.79 Å². The van der Waals surface area contributed by atoms with E-state index in [1.807, 2.05) is 24.3 Å². The summed E-state index contributed by atoms with van der Waals surface area (Å²) >= 11 is 1.16. The summed E-state index contributed by atoms with van der Waals surface area (Å²) in [5.74, 6) is 0.178. The fraction of sp³-hybridized carbons (Fsp3) is 0.148. The van der Waals surface area contributed by atoms with Gasteiger partial charge in [0.2, 0.25) is 0 Å². The summed E-state index contributed by atoms with van der Waals surface area (Å²) in [4.78, 5) is 15.3. The van der Waals surface area contributed by atoms with Crippen molar-refractivity contribution in [3.8, 4) is 0 Å². The Hall–Kier alpha value is -3.41. The Morgan fingerprint density at radius 3 is 1.81 bits per heavy atom. The minimum Gasteiger partial charge on any atom is -0.294 e. The minimum atomic E-state index is -0.524. The first-order valence-electron chi connectivity index (χ1n) is 10.7. The second-order valence-electron chi connectivity index (χ2n) is 7.91. The largest absolute Gasteiger partial charge is 0.294 e. The van der Waals surface area contributed by atoms with Crippen LogP contribution >= 0.6 is 11.7 Å². The number of carbonyl (C=O) groups is 1. The Bertz CT molecular complexity index is 1110. The van der Waals surface area contributed by atoms with E-state index >= 15 is 0 Å². The van der Waals surface area contributed by atoms with Crippen molar-refractivity contribution in [2.24, 2.45) is 0 Å². The molecule has 0 unspecified atom stereocenters. The Morgan fingerprint density at radius 2 is 1.34 bits per heavy atom. The third kappa shape index (κ3) is 3.70. The molecule has 5 rings (SSSR count). The van der Waals surface area contributed by atoms with Crippen LogP contribution in [0, 0.1) is 0 Å². The molecule has 4 aromatic rings. The number of nitrogens with zero attached hydrogens (tertiary/aromatic N) is 3. The van der Waals surface area contributed by atoms with Gasteiger partial charge in [-0.05, 0) is 22.8 Å². The van der Waals surface area contributed by atoms with Gasteiger partial charge in [0.05, 0.1) is 29.2 Å². The average Bonchev–Trinajstić information content (AvgIpc) is 3.37. The van der Waals surface area contributed by atoms with Gasteiger partial charge in [-0.1, -0.05) is 91.0 Å². The molecule has 3 aromatic carbocycles. The third-order valence-electron chi connectivity index (χ3n) is 6.08. The number of Topliss-reactive ketones (excluding diaryl/α,β-unsaturated/α-hetero) is 1. The highest BCUT2D eigenvalue weighted by atomic mass is 32.1. The summed E-state index contributed by atoms with van der Waals surface area (Å²) in [6.45, 7) is 1.21. The van der Waals surface area contributed by atoms with Crippen molar-refractivity contribution in [3.05, 3.63) is 125 Å². The number of carbonyl (C=O) groups excluding carboxylic acids is 1. The Labute approximate surface area is 192 Å². The predicted octanol–water partition coefficient (Wildman–Crippen LogP) is 5.19. The molecule has 1 aromatic heterocycles. The Balaban J connectivity index is 1.72. The van der Waals surface area contributed by atoms with Crippen LogP contribution in [0.25, 0.3) is 6.08 Å². The highest BCUT2D eigenvalue weighted by molar-refractivity contribution is 6.99. The lowest BCUT2D eigenvalue weighted by Crippen LogP contribution is -2.52. The summed E-state index contributed by atoms with van der Waals surface area (Å²) in [5, 5.41) is 0. The van der Waals surface area contributed by atoms with Gasteiger partial charge in [-0.3, -0.25) is 9.69 Å². The van der Waals surface area contributed by atoms with Crippen molar-refractivity contribution >= 4 is 23.6 Å². The van der Waals surface area contributed by atoms with Gasteiger partial charge in [0.25, 0.3) is 0 Å². The van der Waals surface area contributed by atoms with E-state index in [0.29, 0.717) is 19.5 Å². The number of hydrogen-bond donors (Lipinski definition) is 0. The lowest BCUT2D eigenvalue weighted by Gasteiger charge is -2.47. The van der Waals surface area contributed by atoms with Crippen LogP contribution in [0.4, 0.5) is 0 Å². The van der Waals surface area contributed by atoms with Crippen LogP contribution in [0.1, 0.15) is 28.8 Å². The smallest absolute Gasteiger partial charge is 0.161 e. The van der Waals surface area contributed by atoms with Crippen LogP contribution in [-0.4, -0.2) is 32.5 Å². The number of ketones is 1. The second kappa shape index (κ2) is 8.99. The normalized spacial score (nSPS) is 16.4. The van der Waals surface area contributed by atoms with Gasteiger partial charge in [-0.2, -0.15) is 8.75 Å². The first-order chi connectivity index (χ1) is 15.8. The zero-order valence-electron chi connectivity index (χ0n) is 17.6. The van der Waals surface area contributed by atoms with Crippen LogP contribution < -0.4 is 0 Å². The number of piperidine rings is 1. The molecule has 0 spiro atoms. The van der Waals surface area contributed by atoms with E-state index in [0.717, 1.165) is 23.0 Å². The van der Waals surface area contributed by atoms with Crippen LogP contribution in [-0.2, 0) is 10.3 Å². The fourth-order valence-electron chi connectivity index (χ4n) is 4.68. The lowest BCUT2D eigenvalue weighted by atomic mass is 9.74. The van der Waals surface area contributed by atoms with E-state index in [2.05, 4.69) is 86.4 Å². The van der Waals surface area contributed by atoms with Gasteiger partial charge < -0.3 is 0 Å². The summed E-state index contributed by atoms with van der Waals surface area (Å²) in [5.41, 5.74) is 4.54. The van der Waals surface area contributed by atoms with Gasteiger partial charge in [0.15, 0.2) is 5.78 Å². The quantitative estimate of drug-likeness (QED) is 0.318. The van der Waals surface area contributed by atoms with E-state index < -0.39 is 5.54 Å². The molecule has 5 heteroatoms. The van der Waals surface area contributed by atoms with E-state index in [1.54, 1.807) is 6.20 Å². The number of aromatic nitrogens is 2. The second-order valence-corrected chi connectivity index (χ2v) is 8.46. The maximum atomic E-state index is 12.9. The van der Waals surface area contributed by atoms with Crippen LogP contribution in [0.5, 0.6) is 0 Å². The predicted molar refractivity (Wildman–Crippen MR) is 128 cm³/mol. The molecule has 1 fully saturated rings. The standard InChI is InChI=1S/C27H23N3OS/c31-26-16-17-30(20-21(26)18-25-19-28-32-29-25)27(22-10-4-1-5-11-22,23-12-6-2-7-13-23)24-14-8-3-9-15-24/h1-15,18-19H,16-17,20H2. The molecule has 158 valence electrons. The zero-order valence-corrected chi connectivity index (χ0v) is 18.4. The molecule has 0 bridgehead atoms. The minimum absolute atomic E-state index is 0.178. The monoisotopic (exact) mass is 437 g/mol. The van der Waals surface area contributed by atoms with E-state index in [-0.39, 0.29) is 5.78 Å². The molecule has 0 N–H and O–H groups in total. The topological polar surface area (TPSA) is 46.1 Å². The summed E-state index contributed by atoms with van der Waals surface area (Å²) in [6.07, 6.45) is 4.07. The molecule has 0 radical (unpaired) electrons. The molecule has 2 heterocycles. The molecule has 0 aliphatic carbocycles. The fourth-order valence-corrected chi connectivity index (χ4v) is 5.08. The number of rotatable bonds is 5. The molecule has 4 nitrogen and oxygen atoms in total. The number of likely N-dealkylation sites (tertiary alicyclic amines) is 1. The molecular weight excluding hydrogens is 414 g/mol. The van der Waals surface area contributed by atoms with E-state index in [4.69, 9.17) is 0 Å². The molecule has 0 atom stereocenters. The maximum Gasteiger partial charge on any atom is 0.161 e. The maximum absolute atomic E-state index is 12.9. The van der Waals surface area contributed by atoms with Crippen molar-refractivity contribution in [2.45, 2.75) is 12.0 Å². The van der Waals surface area contributed by atoms with Crippen molar-refractivity contribution in [1.82, 2.24) is 13.6 Å². The third-order valence-corrected chi connectivity index (χ3v) is 6.57. The summed E-state index contributed by atoms with van der Waals surface area (Å²) in [7, 11) is 0. The molecule has 0 saturated carbocycles. The molecule has 1 aliphatic rings. The molecule has 1 aliphatic heterocycles. The van der Waals surface area contributed by atoms with Crippen LogP contribution in [0.3, 0.4) is 0 Å². The lowest BCUT2D eigenvalue weighted by molar-refractivity contribution is -0.117. The molecule has 0 amide bonds. The van der Waals surface area contributed by atoms with Crippen molar-refractivity contribution in [1.29, 1.82) is 0 Å². The summed E-state index contributed by atoms with van der Waals surface area (Å²) < 4.78 is 8.37. The zero-order chi connectivity index (χ0) is 21.8. The van der Waals surface area contributed by atoms with E-state index in [1.165, 1.54) is 16.7 Å². The summed E-state index contributed by atoms with van der Waals surface area (Å²) in [6, 6.07) is 31.8.